The van der Waals surface area contributed by atoms with Gasteiger partial charge in [-0.1, -0.05) is 41.9 Å². The summed E-state index contributed by atoms with van der Waals surface area (Å²) in [6.07, 6.45) is 0. The highest BCUT2D eigenvalue weighted by molar-refractivity contribution is 7.89. The van der Waals surface area contributed by atoms with Crippen molar-refractivity contribution in [3.8, 4) is 0 Å². The van der Waals surface area contributed by atoms with E-state index in [2.05, 4.69) is 4.98 Å². The highest BCUT2D eigenvalue weighted by Crippen LogP contribution is 2.32. The summed E-state index contributed by atoms with van der Waals surface area (Å²) >= 11 is 6.32. The SMILES string of the molecule is Cc1cc(Cl)c2c(C)c(C)n(S(=O)(=O)Cc3ccccc3)c2n1. The Morgan fingerprint density at radius 1 is 1.13 bits per heavy atom. The number of rotatable bonds is 3. The minimum absolute atomic E-state index is 0.0782. The second kappa shape index (κ2) is 5.65. The van der Waals surface area contributed by atoms with Crippen molar-refractivity contribution < 1.29 is 8.42 Å². The molecule has 0 bridgehead atoms. The summed E-state index contributed by atoms with van der Waals surface area (Å²) in [4.78, 5) is 4.43. The van der Waals surface area contributed by atoms with Crippen molar-refractivity contribution in [2.45, 2.75) is 26.5 Å². The summed E-state index contributed by atoms with van der Waals surface area (Å²) in [5, 5.41) is 1.23. The molecule has 23 heavy (non-hydrogen) atoms. The maximum Gasteiger partial charge on any atom is 0.244 e. The van der Waals surface area contributed by atoms with Gasteiger partial charge in [0.2, 0.25) is 10.0 Å². The third-order valence-electron chi connectivity index (χ3n) is 3.97. The minimum atomic E-state index is -3.59. The van der Waals surface area contributed by atoms with Gasteiger partial charge < -0.3 is 0 Å². The van der Waals surface area contributed by atoms with Crippen molar-refractivity contribution >= 4 is 32.7 Å². The number of hydrogen-bond acceptors (Lipinski definition) is 3. The highest BCUT2D eigenvalue weighted by Gasteiger charge is 2.24. The Hall–Kier alpha value is -1.85. The molecule has 1 aromatic carbocycles. The number of aromatic nitrogens is 2. The maximum atomic E-state index is 13.0. The van der Waals surface area contributed by atoms with Crippen molar-refractivity contribution in [2.24, 2.45) is 0 Å². The predicted octanol–water partition coefficient (Wildman–Crippen LogP) is 3.99. The van der Waals surface area contributed by atoms with E-state index < -0.39 is 10.0 Å². The molecule has 0 unspecified atom stereocenters. The number of hydrogen-bond donors (Lipinski definition) is 0. The molecule has 0 aliphatic heterocycles. The highest BCUT2D eigenvalue weighted by atomic mass is 35.5. The summed E-state index contributed by atoms with van der Waals surface area (Å²) in [5.74, 6) is -0.0782. The van der Waals surface area contributed by atoms with E-state index in [-0.39, 0.29) is 5.75 Å². The lowest BCUT2D eigenvalue weighted by Crippen LogP contribution is -2.17. The van der Waals surface area contributed by atoms with Crippen LogP contribution in [0, 0.1) is 20.8 Å². The maximum absolute atomic E-state index is 13.0. The van der Waals surface area contributed by atoms with Gasteiger partial charge in [-0.15, -0.1) is 0 Å². The van der Waals surface area contributed by atoms with E-state index >= 15 is 0 Å². The largest absolute Gasteiger partial charge is 0.244 e. The van der Waals surface area contributed by atoms with E-state index in [9.17, 15) is 8.42 Å². The third kappa shape index (κ3) is 2.75. The average molecular weight is 349 g/mol. The van der Waals surface area contributed by atoms with Gasteiger partial charge in [0, 0.05) is 16.8 Å². The van der Waals surface area contributed by atoms with Crippen molar-refractivity contribution in [3.63, 3.8) is 0 Å². The Balaban J connectivity index is 2.25. The van der Waals surface area contributed by atoms with E-state index in [1.165, 1.54) is 3.97 Å². The van der Waals surface area contributed by atoms with Gasteiger partial charge in [0.05, 0.1) is 10.8 Å². The zero-order chi connectivity index (χ0) is 16.8. The first-order valence-corrected chi connectivity index (χ1v) is 9.22. The molecule has 0 spiro atoms. The molecule has 3 rings (SSSR count). The van der Waals surface area contributed by atoms with Gasteiger partial charge in [-0.3, -0.25) is 0 Å². The van der Waals surface area contributed by atoms with E-state index in [0.717, 1.165) is 11.1 Å². The van der Waals surface area contributed by atoms with Crippen LogP contribution in [0.5, 0.6) is 0 Å². The molecule has 0 radical (unpaired) electrons. The van der Waals surface area contributed by atoms with Gasteiger partial charge in [-0.25, -0.2) is 17.4 Å². The van der Waals surface area contributed by atoms with Crippen LogP contribution in [0.1, 0.15) is 22.5 Å². The third-order valence-corrected chi connectivity index (χ3v) is 5.96. The average Bonchev–Trinajstić information content (AvgIpc) is 2.71. The predicted molar refractivity (Wildman–Crippen MR) is 93.4 cm³/mol. The van der Waals surface area contributed by atoms with Crippen molar-refractivity contribution in [1.82, 2.24) is 8.96 Å². The first-order valence-electron chi connectivity index (χ1n) is 7.23. The van der Waals surface area contributed by atoms with E-state index in [4.69, 9.17) is 11.6 Å². The van der Waals surface area contributed by atoms with Crippen LogP contribution in [0.3, 0.4) is 0 Å². The molecule has 0 aliphatic carbocycles. The zero-order valence-electron chi connectivity index (χ0n) is 13.2. The number of pyridine rings is 1. The van der Waals surface area contributed by atoms with Crippen LogP contribution in [-0.4, -0.2) is 17.4 Å². The van der Waals surface area contributed by atoms with Crippen molar-refractivity contribution in [3.05, 3.63) is 63.9 Å². The second-order valence-corrected chi connectivity index (χ2v) is 7.89. The summed E-state index contributed by atoms with van der Waals surface area (Å²) in [6.45, 7) is 5.46. The van der Waals surface area contributed by atoms with Crippen LogP contribution in [0.2, 0.25) is 5.02 Å². The molecular weight excluding hydrogens is 332 g/mol. The second-order valence-electron chi connectivity index (χ2n) is 5.66. The van der Waals surface area contributed by atoms with E-state index in [1.54, 1.807) is 32.0 Å². The smallest absolute Gasteiger partial charge is 0.234 e. The number of fused-ring (bicyclic) bond motifs is 1. The minimum Gasteiger partial charge on any atom is -0.234 e. The van der Waals surface area contributed by atoms with E-state index in [1.807, 2.05) is 25.1 Å². The molecule has 0 atom stereocenters. The van der Waals surface area contributed by atoms with Gasteiger partial charge >= 0.3 is 0 Å². The summed E-state index contributed by atoms with van der Waals surface area (Å²) < 4.78 is 27.2. The molecule has 0 fully saturated rings. The van der Waals surface area contributed by atoms with Gasteiger partial charge in [-0.2, -0.15) is 0 Å². The summed E-state index contributed by atoms with van der Waals surface area (Å²) in [6, 6.07) is 10.9. The molecule has 2 aromatic heterocycles. The molecule has 0 amide bonds. The van der Waals surface area contributed by atoms with Gasteiger partial charge in [0.15, 0.2) is 5.65 Å². The molecule has 6 heteroatoms. The Morgan fingerprint density at radius 3 is 2.43 bits per heavy atom. The first-order chi connectivity index (χ1) is 10.8. The van der Waals surface area contributed by atoms with Crippen LogP contribution in [0.15, 0.2) is 36.4 Å². The molecule has 120 valence electrons. The fraction of sp³-hybridized carbons (Fsp3) is 0.235. The van der Waals surface area contributed by atoms with Crippen LogP contribution >= 0.6 is 11.6 Å². The Bertz CT molecular complexity index is 993. The Labute approximate surface area is 140 Å². The zero-order valence-corrected chi connectivity index (χ0v) is 14.7. The molecule has 0 saturated heterocycles. The monoisotopic (exact) mass is 348 g/mol. The molecule has 2 heterocycles. The summed E-state index contributed by atoms with van der Waals surface area (Å²) in [5.41, 5.74) is 3.33. The fourth-order valence-electron chi connectivity index (χ4n) is 2.79. The van der Waals surface area contributed by atoms with Crippen LogP contribution in [0.25, 0.3) is 11.0 Å². The van der Waals surface area contributed by atoms with Gasteiger partial charge in [-0.05, 0) is 38.0 Å². The van der Waals surface area contributed by atoms with Crippen LogP contribution in [-0.2, 0) is 15.8 Å². The quantitative estimate of drug-likeness (QED) is 0.719. The normalized spacial score (nSPS) is 12.0. The van der Waals surface area contributed by atoms with Crippen molar-refractivity contribution in [2.75, 3.05) is 0 Å². The Morgan fingerprint density at radius 2 is 1.78 bits per heavy atom. The molecule has 0 saturated carbocycles. The summed E-state index contributed by atoms with van der Waals surface area (Å²) in [7, 11) is -3.59. The first kappa shape index (κ1) is 16.0. The molecule has 0 aliphatic rings. The molecular formula is C17H17ClN2O2S. The lowest BCUT2D eigenvalue weighted by Gasteiger charge is -2.10. The lowest BCUT2D eigenvalue weighted by molar-refractivity contribution is 0.586. The van der Waals surface area contributed by atoms with E-state index in [0.29, 0.717) is 27.4 Å². The molecule has 3 aromatic rings. The number of nitrogens with zero attached hydrogens (tertiary/aromatic N) is 2. The molecule has 0 N–H and O–H groups in total. The van der Waals surface area contributed by atoms with Crippen molar-refractivity contribution in [1.29, 1.82) is 0 Å². The topological polar surface area (TPSA) is 52.0 Å². The standard InChI is InChI=1S/C17H17ClN2O2S/c1-11-9-15(18)16-12(2)13(3)20(17(16)19-11)23(21,22)10-14-7-5-4-6-8-14/h4-9H,10H2,1-3H3. The number of aryl methyl sites for hydroxylation is 2. The lowest BCUT2D eigenvalue weighted by atomic mass is 10.2. The van der Waals surface area contributed by atoms with Crippen LogP contribution < -0.4 is 0 Å². The Kier molecular flexibility index (Phi) is 3.94. The number of benzene rings is 1. The van der Waals surface area contributed by atoms with Gasteiger partial charge in [0.1, 0.15) is 0 Å². The fourth-order valence-corrected chi connectivity index (χ4v) is 4.87. The number of halogens is 1. The van der Waals surface area contributed by atoms with Crippen LogP contribution in [0.4, 0.5) is 0 Å². The van der Waals surface area contributed by atoms with Gasteiger partial charge in [0.25, 0.3) is 0 Å². The molecule has 4 nitrogen and oxygen atoms in total.